The second-order valence-electron chi connectivity index (χ2n) is 4.49. The number of rotatable bonds is 4. The molecule has 6 heteroatoms. The summed E-state index contributed by atoms with van der Waals surface area (Å²) in [6.07, 6.45) is 0. The van der Waals surface area contributed by atoms with Gasteiger partial charge in [0.15, 0.2) is 5.84 Å². The third-order valence-electron chi connectivity index (χ3n) is 3.01. The van der Waals surface area contributed by atoms with Crippen LogP contribution in [0.2, 0.25) is 0 Å². The highest BCUT2D eigenvalue weighted by Gasteiger charge is 2.10. The first-order valence-electron chi connectivity index (χ1n) is 6.16. The Morgan fingerprint density at radius 2 is 2.10 bits per heavy atom. The fourth-order valence-corrected chi connectivity index (χ4v) is 2.22. The Morgan fingerprint density at radius 1 is 1.33 bits per heavy atom. The molecule has 2 aromatic carbocycles. The highest BCUT2D eigenvalue weighted by atomic mass is 79.9. The van der Waals surface area contributed by atoms with E-state index in [0.29, 0.717) is 11.3 Å². The van der Waals surface area contributed by atoms with Crippen molar-refractivity contribution in [2.45, 2.75) is 13.5 Å². The Bertz CT molecular complexity index is 689. The fraction of sp³-hybridized carbons (Fsp3) is 0.133. The minimum absolute atomic E-state index is 0.0397. The van der Waals surface area contributed by atoms with E-state index in [1.54, 1.807) is 24.3 Å². The van der Waals surface area contributed by atoms with Crippen molar-refractivity contribution in [1.29, 1.82) is 0 Å². The van der Waals surface area contributed by atoms with Crippen molar-refractivity contribution in [3.05, 3.63) is 63.4 Å². The van der Waals surface area contributed by atoms with Crippen molar-refractivity contribution >= 4 is 21.8 Å². The lowest BCUT2D eigenvalue weighted by Gasteiger charge is -2.12. The monoisotopic (exact) mass is 352 g/mol. The van der Waals surface area contributed by atoms with E-state index in [2.05, 4.69) is 21.1 Å². The number of halogens is 2. The molecule has 0 heterocycles. The van der Waals surface area contributed by atoms with E-state index < -0.39 is 0 Å². The molecule has 0 aromatic heterocycles. The zero-order valence-corrected chi connectivity index (χ0v) is 12.9. The molecule has 0 spiro atoms. The van der Waals surface area contributed by atoms with E-state index in [1.165, 1.54) is 12.1 Å². The van der Waals surface area contributed by atoms with E-state index in [1.807, 2.05) is 6.92 Å². The maximum atomic E-state index is 13.1. The molecule has 0 radical (unpaired) electrons. The molecular weight excluding hydrogens is 339 g/mol. The highest BCUT2D eigenvalue weighted by molar-refractivity contribution is 9.10. The molecule has 0 fully saturated rings. The lowest BCUT2D eigenvalue weighted by atomic mass is 10.1. The summed E-state index contributed by atoms with van der Waals surface area (Å²) in [6, 6.07) is 9.72. The minimum Gasteiger partial charge on any atom is -0.488 e. The number of ether oxygens (including phenoxy) is 1. The lowest BCUT2D eigenvalue weighted by molar-refractivity contribution is 0.302. The topological polar surface area (TPSA) is 67.8 Å². The zero-order chi connectivity index (χ0) is 15.4. The fourth-order valence-electron chi connectivity index (χ4n) is 1.86. The minimum atomic E-state index is -0.280. The molecule has 21 heavy (non-hydrogen) atoms. The van der Waals surface area contributed by atoms with Crippen LogP contribution in [0.15, 0.2) is 46.0 Å². The smallest absolute Gasteiger partial charge is 0.173 e. The first kappa shape index (κ1) is 15.3. The molecule has 0 unspecified atom stereocenters. The third kappa shape index (κ3) is 3.72. The molecule has 0 saturated heterocycles. The van der Waals surface area contributed by atoms with Crippen LogP contribution in [0, 0.1) is 12.7 Å². The van der Waals surface area contributed by atoms with Crippen LogP contribution in [0.5, 0.6) is 5.75 Å². The molecule has 4 nitrogen and oxygen atoms in total. The van der Waals surface area contributed by atoms with Crippen molar-refractivity contribution in [1.82, 2.24) is 0 Å². The Balaban J connectivity index is 2.24. The largest absolute Gasteiger partial charge is 0.488 e. The number of amidine groups is 1. The Labute approximate surface area is 130 Å². The summed E-state index contributed by atoms with van der Waals surface area (Å²) in [5.74, 6) is 0.164. The molecule has 0 aliphatic carbocycles. The Morgan fingerprint density at radius 3 is 2.76 bits per heavy atom. The summed E-state index contributed by atoms with van der Waals surface area (Å²) in [5.41, 5.74) is 7.78. The summed E-state index contributed by atoms with van der Waals surface area (Å²) in [7, 11) is 0. The van der Waals surface area contributed by atoms with E-state index >= 15 is 0 Å². The zero-order valence-electron chi connectivity index (χ0n) is 11.3. The second kappa shape index (κ2) is 6.58. The van der Waals surface area contributed by atoms with Gasteiger partial charge in [-0.15, -0.1) is 0 Å². The van der Waals surface area contributed by atoms with Crippen LogP contribution in [-0.2, 0) is 6.61 Å². The van der Waals surface area contributed by atoms with Crippen LogP contribution >= 0.6 is 15.9 Å². The molecule has 0 bridgehead atoms. The second-order valence-corrected chi connectivity index (χ2v) is 5.40. The van der Waals surface area contributed by atoms with Crippen LogP contribution in [0.3, 0.4) is 0 Å². The molecule has 0 saturated carbocycles. The Kier molecular flexibility index (Phi) is 4.80. The van der Waals surface area contributed by atoms with Crippen molar-refractivity contribution in [2.75, 3.05) is 0 Å². The maximum Gasteiger partial charge on any atom is 0.173 e. The molecule has 2 aromatic rings. The third-order valence-corrected chi connectivity index (χ3v) is 3.51. The number of aryl methyl sites for hydroxylation is 1. The van der Waals surface area contributed by atoms with Crippen molar-refractivity contribution < 1.29 is 14.3 Å². The van der Waals surface area contributed by atoms with E-state index in [9.17, 15) is 4.39 Å². The van der Waals surface area contributed by atoms with Crippen molar-refractivity contribution in [3.63, 3.8) is 0 Å². The van der Waals surface area contributed by atoms with Gasteiger partial charge < -0.3 is 15.7 Å². The van der Waals surface area contributed by atoms with Gasteiger partial charge in [-0.25, -0.2) is 4.39 Å². The van der Waals surface area contributed by atoms with Crippen molar-refractivity contribution in [3.8, 4) is 5.75 Å². The quantitative estimate of drug-likeness (QED) is 0.382. The van der Waals surface area contributed by atoms with Gasteiger partial charge in [0.2, 0.25) is 0 Å². The molecule has 0 atom stereocenters. The molecule has 3 N–H and O–H groups in total. The summed E-state index contributed by atoms with van der Waals surface area (Å²) >= 11 is 3.32. The molecule has 0 amide bonds. The lowest BCUT2D eigenvalue weighted by Crippen LogP contribution is -2.15. The summed E-state index contributed by atoms with van der Waals surface area (Å²) in [5, 5.41) is 11.8. The molecule has 0 aliphatic rings. The van der Waals surface area contributed by atoms with Gasteiger partial charge in [-0.2, -0.15) is 0 Å². The van der Waals surface area contributed by atoms with Crippen LogP contribution in [0.25, 0.3) is 0 Å². The van der Waals surface area contributed by atoms with Crippen LogP contribution in [0.1, 0.15) is 16.7 Å². The molecule has 2 rings (SSSR count). The van der Waals surface area contributed by atoms with Gasteiger partial charge in [-0.1, -0.05) is 27.2 Å². The van der Waals surface area contributed by atoms with E-state index in [0.717, 1.165) is 15.6 Å². The van der Waals surface area contributed by atoms with E-state index in [4.69, 9.17) is 15.7 Å². The average Bonchev–Trinajstić information content (AvgIpc) is 2.46. The summed E-state index contributed by atoms with van der Waals surface area (Å²) in [4.78, 5) is 0. The van der Waals surface area contributed by atoms with Gasteiger partial charge >= 0.3 is 0 Å². The number of nitrogens with two attached hydrogens (primary N) is 1. The molecular formula is C15H14BrFN2O2. The normalized spacial score (nSPS) is 11.5. The average molecular weight is 353 g/mol. The van der Waals surface area contributed by atoms with Gasteiger partial charge in [0.1, 0.15) is 18.2 Å². The van der Waals surface area contributed by atoms with Gasteiger partial charge in [-0.05, 0) is 48.4 Å². The number of oxime groups is 1. The number of nitrogens with zero attached hydrogens (tertiary/aromatic N) is 1. The predicted molar refractivity (Wildman–Crippen MR) is 82.1 cm³/mol. The van der Waals surface area contributed by atoms with Crippen LogP contribution in [0.4, 0.5) is 4.39 Å². The highest BCUT2D eigenvalue weighted by Crippen LogP contribution is 2.24. The molecule has 0 aliphatic heterocycles. The van der Waals surface area contributed by atoms with Crippen molar-refractivity contribution in [2.24, 2.45) is 10.9 Å². The van der Waals surface area contributed by atoms with Crippen LogP contribution < -0.4 is 10.5 Å². The van der Waals surface area contributed by atoms with Gasteiger partial charge in [0.25, 0.3) is 0 Å². The predicted octanol–water partition coefficient (Wildman–Crippen LogP) is 3.57. The Hall–Kier alpha value is -2.08. The molecule has 110 valence electrons. The number of hydrogen-bond acceptors (Lipinski definition) is 3. The van der Waals surface area contributed by atoms with Gasteiger partial charge in [0.05, 0.1) is 5.56 Å². The van der Waals surface area contributed by atoms with Gasteiger partial charge in [-0.3, -0.25) is 0 Å². The number of hydrogen-bond donors (Lipinski definition) is 2. The summed E-state index contributed by atoms with van der Waals surface area (Å²) in [6.45, 7) is 2.08. The maximum absolute atomic E-state index is 13.1. The summed E-state index contributed by atoms with van der Waals surface area (Å²) < 4.78 is 19.6. The number of benzene rings is 2. The SMILES string of the molecule is Cc1cc(F)ccc1COc1ccc(Br)cc1/C(N)=N/O. The van der Waals surface area contributed by atoms with Gasteiger partial charge in [0, 0.05) is 4.47 Å². The first-order valence-corrected chi connectivity index (χ1v) is 6.96. The first-order chi connectivity index (χ1) is 10.0. The van der Waals surface area contributed by atoms with E-state index in [-0.39, 0.29) is 18.3 Å². The standard InChI is InChI=1S/C15H14BrFN2O2/c1-9-6-12(17)4-2-10(9)8-21-14-5-3-11(16)7-13(14)15(18)19-20/h2-7,20H,8H2,1H3,(H2,18,19). The van der Waals surface area contributed by atoms with Crippen LogP contribution in [-0.4, -0.2) is 11.0 Å².